The normalized spacial score (nSPS) is 14.1. The average Bonchev–Trinajstić information content (AvgIpc) is 3.34. The molecule has 31 heavy (non-hydrogen) atoms. The first-order chi connectivity index (χ1) is 14.6. The monoisotopic (exact) mass is 484 g/mol. The van der Waals surface area contributed by atoms with E-state index in [1.165, 1.54) is 34.4 Å². The highest BCUT2D eigenvalue weighted by Gasteiger charge is 2.25. The first-order valence-electron chi connectivity index (χ1n) is 9.47. The van der Waals surface area contributed by atoms with Crippen molar-refractivity contribution in [3.05, 3.63) is 50.7 Å². The number of nitrogens with one attached hydrogen (secondary N) is 1. The Bertz CT molecular complexity index is 1110. The maximum absolute atomic E-state index is 12.4. The molecule has 1 saturated heterocycles. The van der Waals surface area contributed by atoms with Crippen molar-refractivity contribution in [1.29, 1.82) is 0 Å². The molecule has 8 nitrogen and oxygen atoms in total. The molecule has 0 atom stereocenters. The lowest BCUT2D eigenvalue weighted by atomic mass is 10.2. The molecule has 1 amide bonds. The highest BCUT2D eigenvalue weighted by atomic mass is 35.5. The quantitative estimate of drug-likeness (QED) is 0.433. The predicted molar refractivity (Wildman–Crippen MR) is 119 cm³/mol. The third-order valence-corrected chi connectivity index (χ3v) is 6.79. The standard InChI is InChI=1S/C20H21ClN2O6S2/c1-31(27,28)22-9-8-14-5-7-18(30-14)17(24)12-29-20(26)13-4-6-15(21)16(11-13)23-10-2-3-19(23)25/h4-7,11,22H,2-3,8-10,12H2,1H3. The van der Waals surface area contributed by atoms with Gasteiger partial charge in [0.2, 0.25) is 21.7 Å². The van der Waals surface area contributed by atoms with Gasteiger partial charge in [0, 0.05) is 24.4 Å². The summed E-state index contributed by atoms with van der Waals surface area (Å²) in [6.07, 6.45) is 2.70. The molecule has 3 rings (SSSR count). The van der Waals surface area contributed by atoms with E-state index in [2.05, 4.69) is 4.72 Å². The second-order valence-electron chi connectivity index (χ2n) is 7.00. The van der Waals surface area contributed by atoms with Gasteiger partial charge in [-0.1, -0.05) is 11.6 Å². The molecule has 1 aliphatic heterocycles. The number of carbonyl (C=O) groups is 3. The van der Waals surface area contributed by atoms with E-state index in [-0.39, 0.29) is 23.8 Å². The van der Waals surface area contributed by atoms with Crippen molar-refractivity contribution >= 4 is 56.3 Å². The Morgan fingerprint density at radius 2 is 2.03 bits per heavy atom. The van der Waals surface area contributed by atoms with Gasteiger partial charge in [-0.05, 0) is 43.2 Å². The minimum atomic E-state index is -3.26. The Hall–Kier alpha value is -2.27. The van der Waals surface area contributed by atoms with Crippen molar-refractivity contribution in [2.45, 2.75) is 19.3 Å². The van der Waals surface area contributed by atoms with E-state index in [4.69, 9.17) is 16.3 Å². The third kappa shape index (κ3) is 6.36. The SMILES string of the molecule is CS(=O)(=O)NCCc1ccc(C(=O)COC(=O)c2ccc(Cl)c(N3CCCC3=O)c2)s1. The molecule has 11 heteroatoms. The second kappa shape index (κ2) is 9.90. The largest absolute Gasteiger partial charge is 0.454 e. The van der Waals surface area contributed by atoms with Gasteiger partial charge < -0.3 is 9.64 Å². The number of thiophene rings is 1. The molecule has 1 aromatic carbocycles. The van der Waals surface area contributed by atoms with E-state index in [1.807, 2.05) is 0 Å². The van der Waals surface area contributed by atoms with E-state index in [0.29, 0.717) is 35.0 Å². The number of rotatable bonds is 9. The van der Waals surface area contributed by atoms with Crippen molar-refractivity contribution in [2.24, 2.45) is 0 Å². The number of halogens is 1. The maximum atomic E-state index is 12.4. The topological polar surface area (TPSA) is 110 Å². The smallest absolute Gasteiger partial charge is 0.338 e. The van der Waals surface area contributed by atoms with Gasteiger partial charge in [0.05, 0.1) is 27.4 Å². The van der Waals surface area contributed by atoms with Crippen LogP contribution in [0.4, 0.5) is 5.69 Å². The lowest BCUT2D eigenvalue weighted by Crippen LogP contribution is -2.24. The van der Waals surface area contributed by atoms with Gasteiger partial charge >= 0.3 is 5.97 Å². The van der Waals surface area contributed by atoms with Crippen LogP contribution in [0.5, 0.6) is 0 Å². The van der Waals surface area contributed by atoms with Crippen LogP contribution in [0.1, 0.15) is 37.7 Å². The third-order valence-electron chi connectivity index (χ3n) is 4.55. The molecule has 1 aromatic heterocycles. The summed E-state index contributed by atoms with van der Waals surface area (Å²) < 4.78 is 29.7. The Balaban J connectivity index is 1.57. The molecule has 0 aliphatic carbocycles. The molecule has 1 aliphatic rings. The number of esters is 1. The van der Waals surface area contributed by atoms with Crippen LogP contribution in [-0.4, -0.2) is 52.0 Å². The number of carbonyl (C=O) groups excluding carboxylic acids is 3. The van der Waals surface area contributed by atoms with E-state index < -0.39 is 22.6 Å². The molecule has 0 saturated carbocycles. The number of sulfonamides is 1. The first-order valence-corrected chi connectivity index (χ1v) is 12.6. The fourth-order valence-electron chi connectivity index (χ4n) is 3.06. The molecule has 1 N–H and O–H groups in total. The Kier molecular flexibility index (Phi) is 7.47. The average molecular weight is 485 g/mol. The van der Waals surface area contributed by atoms with Crippen LogP contribution in [0.15, 0.2) is 30.3 Å². The summed E-state index contributed by atoms with van der Waals surface area (Å²) in [6.45, 7) is 0.345. The van der Waals surface area contributed by atoms with E-state index >= 15 is 0 Å². The fourth-order valence-corrected chi connectivity index (χ4v) is 4.68. The molecule has 2 heterocycles. The van der Waals surface area contributed by atoms with Gasteiger partial charge in [-0.2, -0.15) is 0 Å². The number of ketones is 1. The van der Waals surface area contributed by atoms with Crippen molar-refractivity contribution in [1.82, 2.24) is 4.72 Å². The lowest BCUT2D eigenvalue weighted by molar-refractivity contribution is -0.117. The van der Waals surface area contributed by atoms with E-state index in [0.717, 1.165) is 17.6 Å². The molecular weight excluding hydrogens is 464 g/mol. The van der Waals surface area contributed by atoms with Crippen molar-refractivity contribution < 1.29 is 27.5 Å². The number of nitrogens with zero attached hydrogens (tertiary/aromatic N) is 1. The van der Waals surface area contributed by atoms with Crippen LogP contribution in [0.25, 0.3) is 0 Å². The van der Waals surface area contributed by atoms with Crippen LogP contribution in [0.2, 0.25) is 5.02 Å². The van der Waals surface area contributed by atoms with Crippen LogP contribution in [-0.2, 0) is 26.0 Å². The van der Waals surface area contributed by atoms with Gasteiger partial charge in [-0.3, -0.25) is 9.59 Å². The van der Waals surface area contributed by atoms with Gasteiger partial charge in [0.15, 0.2) is 6.61 Å². The number of ether oxygens (including phenoxy) is 1. The van der Waals surface area contributed by atoms with Gasteiger partial charge in [0.25, 0.3) is 0 Å². The fraction of sp³-hybridized carbons (Fsp3) is 0.350. The van der Waals surface area contributed by atoms with Crippen LogP contribution < -0.4 is 9.62 Å². The summed E-state index contributed by atoms with van der Waals surface area (Å²) in [5.74, 6) is -1.10. The summed E-state index contributed by atoms with van der Waals surface area (Å²) in [5.41, 5.74) is 0.654. The zero-order valence-electron chi connectivity index (χ0n) is 16.7. The number of hydrogen-bond acceptors (Lipinski definition) is 7. The zero-order chi connectivity index (χ0) is 22.6. The van der Waals surface area contributed by atoms with Crippen LogP contribution in [0, 0.1) is 0 Å². The number of amides is 1. The molecule has 0 radical (unpaired) electrons. The summed E-state index contributed by atoms with van der Waals surface area (Å²) >= 11 is 7.40. The zero-order valence-corrected chi connectivity index (χ0v) is 19.1. The molecular formula is C20H21ClN2O6S2. The van der Waals surface area contributed by atoms with Gasteiger partial charge in [-0.25, -0.2) is 17.9 Å². The molecule has 0 spiro atoms. The number of hydrogen-bond donors (Lipinski definition) is 1. The Morgan fingerprint density at radius 1 is 1.26 bits per heavy atom. The minimum absolute atomic E-state index is 0.0529. The number of anilines is 1. The molecule has 2 aromatic rings. The van der Waals surface area contributed by atoms with E-state index in [1.54, 1.807) is 12.1 Å². The summed E-state index contributed by atoms with van der Waals surface area (Å²) in [6, 6.07) is 7.86. The predicted octanol–water partition coefficient (Wildman–Crippen LogP) is 2.66. The number of Topliss-reactive ketones (excluding diaryl/α,β-unsaturated/α-hetero) is 1. The molecule has 1 fully saturated rings. The maximum Gasteiger partial charge on any atom is 0.338 e. The number of benzene rings is 1. The Morgan fingerprint density at radius 3 is 2.71 bits per heavy atom. The highest BCUT2D eigenvalue weighted by Crippen LogP contribution is 2.30. The van der Waals surface area contributed by atoms with Crippen molar-refractivity contribution in [3.8, 4) is 0 Å². The van der Waals surface area contributed by atoms with Crippen molar-refractivity contribution in [3.63, 3.8) is 0 Å². The van der Waals surface area contributed by atoms with E-state index in [9.17, 15) is 22.8 Å². The van der Waals surface area contributed by atoms with Gasteiger partial charge in [0.1, 0.15) is 0 Å². The summed E-state index contributed by atoms with van der Waals surface area (Å²) in [5, 5.41) is 0.361. The minimum Gasteiger partial charge on any atom is -0.454 e. The van der Waals surface area contributed by atoms with Crippen molar-refractivity contribution in [2.75, 3.05) is 30.9 Å². The molecule has 166 valence electrons. The van der Waals surface area contributed by atoms with Gasteiger partial charge in [-0.15, -0.1) is 11.3 Å². The first kappa shape index (κ1) is 23.4. The lowest BCUT2D eigenvalue weighted by Gasteiger charge is -2.18. The molecule has 0 unspecified atom stereocenters. The van der Waals surface area contributed by atoms with Crippen LogP contribution >= 0.6 is 22.9 Å². The highest BCUT2D eigenvalue weighted by molar-refractivity contribution is 7.88. The molecule has 0 bridgehead atoms. The summed E-state index contributed by atoms with van der Waals surface area (Å²) in [7, 11) is -3.26. The van der Waals surface area contributed by atoms with Crippen LogP contribution in [0.3, 0.4) is 0 Å². The summed E-state index contributed by atoms with van der Waals surface area (Å²) in [4.78, 5) is 39.5. The Labute approximate surface area is 189 Å². The second-order valence-corrected chi connectivity index (χ2v) is 10.4.